The van der Waals surface area contributed by atoms with Crippen LogP contribution in [0.25, 0.3) is 33.8 Å². The molecule has 0 radical (unpaired) electrons. The molecule has 0 atom stereocenters. The van der Waals surface area contributed by atoms with E-state index in [-0.39, 0.29) is 0 Å². The Morgan fingerprint density at radius 3 is 1.84 bits per heavy atom. The molecule has 3 heteroatoms. The second-order valence-electron chi connectivity index (χ2n) is 5.83. The van der Waals surface area contributed by atoms with Crippen molar-refractivity contribution < 1.29 is 0 Å². The lowest BCUT2D eigenvalue weighted by atomic mass is 9.96. The van der Waals surface area contributed by atoms with Crippen molar-refractivity contribution in [3.63, 3.8) is 0 Å². The van der Waals surface area contributed by atoms with Gasteiger partial charge in [-0.25, -0.2) is 0 Å². The number of aromatic nitrogens is 3. The van der Waals surface area contributed by atoms with Gasteiger partial charge in [0.25, 0.3) is 0 Å². The lowest BCUT2D eigenvalue weighted by Crippen LogP contribution is -1.96. The predicted molar refractivity (Wildman–Crippen MR) is 101 cm³/mol. The van der Waals surface area contributed by atoms with E-state index in [9.17, 15) is 0 Å². The number of aryl methyl sites for hydroxylation is 1. The van der Waals surface area contributed by atoms with Crippen molar-refractivity contribution in [3.05, 3.63) is 90.9 Å². The molecule has 0 N–H and O–H groups in total. The first-order valence-corrected chi connectivity index (χ1v) is 8.22. The topological polar surface area (TPSA) is 38.7 Å². The molecule has 0 saturated heterocycles. The van der Waals surface area contributed by atoms with Gasteiger partial charge in [0, 0.05) is 29.7 Å². The van der Waals surface area contributed by atoms with Crippen LogP contribution in [0.15, 0.2) is 85.3 Å². The fraction of sp³-hybridized carbons (Fsp3) is 0.0455. The number of nitrogens with zero attached hydrogens (tertiary/aromatic N) is 3. The predicted octanol–water partition coefficient (Wildman–Crippen LogP) is 5.18. The molecule has 0 bridgehead atoms. The number of rotatable bonds is 3. The summed E-state index contributed by atoms with van der Waals surface area (Å²) in [5.74, 6) is 0. The Morgan fingerprint density at radius 2 is 1.12 bits per heavy atom. The van der Waals surface area contributed by atoms with Gasteiger partial charge in [0.1, 0.15) is 0 Å². The molecule has 0 aliphatic rings. The molecule has 0 fully saturated rings. The smallest absolute Gasteiger partial charge is 0.0986 e. The maximum absolute atomic E-state index is 4.66. The minimum Gasteiger partial charge on any atom is -0.256 e. The molecule has 0 aliphatic carbocycles. The summed E-state index contributed by atoms with van der Waals surface area (Å²) in [5.41, 5.74) is 7.06. The standard InChI is InChI=1S/C22H17N3/c1-16-8-2-3-9-17(16)18-10-6-14-24-21(18)22-19(11-7-15-25-22)20-12-4-5-13-23-20/h2-15H,1H3. The summed E-state index contributed by atoms with van der Waals surface area (Å²) < 4.78 is 0. The first-order valence-electron chi connectivity index (χ1n) is 8.22. The summed E-state index contributed by atoms with van der Waals surface area (Å²) >= 11 is 0. The van der Waals surface area contributed by atoms with Gasteiger partial charge in [0.15, 0.2) is 0 Å². The molecule has 1 aromatic carbocycles. The SMILES string of the molecule is Cc1ccccc1-c1cccnc1-c1ncccc1-c1ccccn1. The quantitative estimate of drug-likeness (QED) is 0.521. The summed E-state index contributed by atoms with van der Waals surface area (Å²) in [4.78, 5) is 13.8. The Bertz CT molecular complexity index is 1010. The highest BCUT2D eigenvalue weighted by Gasteiger charge is 2.16. The highest BCUT2D eigenvalue weighted by Crippen LogP contribution is 2.35. The third kappa shape index (κ3) is 2.92. The highest BCUT2D eigenvalue weighted by atomic mass is 14.8. The zero-order valence-electron chi connectivity index (χ0n) is 13.9. The van der Waals surface area contributed by atoms with Crippen LogP contribution in [0, 0.1) is 6.92 Å². The molecule has 0 unspecified atom stereocenters. The van der Waals surface area contributed by atoms with Gasteiger partial charge < -0.3 is 0 Å². The highest BCUT2D eigenvalue weighted by molar-refractivity contribution is 5.87. The lowest BCUT2D eigenvalue weighted by molar-refractivity contribution is 1.23. The average Bonchev–Trinajstić information content (AvgIpc) is 2.69. The number of benzene rings is 1. The van der Waals surface area contributed by atoms with E-state index < -0.39 is 0 Å². The summed E-state index contributed by atoms with van der Waals surface area (Å²) in [5, 5.41) is 0. The first-order chi connectivity index (χ1) is 12.3. The molecule has 3 heterocycles. The fourth-order valence-corrected chi connectivity index (χ4v) is 3.01. The van der Waals surface area contributed by atoms with E-state index in [2.05, 4.69) is 52.2 Å². The largest absolute Gasteiger partial charge is 0.256 e. The Kier molecular flexibility index (Phi) is 4.05. The van der Waals surface area contributed by atoms with Crippen LogP contribution in [0.5, 0.6) is 0 Å². The van der Waals surface area contributed by atoms with Gasteiger partial charge in [0.05, 0.1) is 17.1 Å². The first kappa shape index (κ1) is 15.2. The molecule has 3 nitrogen and oxygen atoms in total. The number of pyridine rings is 3. The molecule has 0 saturated carbocycles. The van der Waals surface area contributed by atoms with Gasteiger partial charge in [-0.1, -0.05) is 36.4 Å². The normalized spacial score (nSPS) is 10.6. The summed E-state index contributed by atoms with van der Waals surface area (Å²) in [6.45, 7) is 2.12. The van der Waals surface area contributed by atoms with Crippen LogP contribution in [-0.2, 0) is 0 Å². The van der Waals surface area contributed by atoms with Gasteiger partial charge in [0.2, 0.25) is 0 Å². The second-order valence-corrected chi connectivity index (χ2v) is 5.83. The fourth-order valence-electron chi connectivity index (χ4n) is 3.01. The van der Waals surface area contributed by atoms with Gasteiger partial charge in [-0.2, -0.15) is 0 Å². The summed E-state index contributed by atoms with van der Waals surface area (Å²) in [7, 11) is 0. The van der Waals surface area contributed by atoms with E-state index in [1.165, 1.54) is 11.1 Å². The van der Waals surface area contributed by atoms with Crippen molar-refractivity contribution in [1.82, 2.24) is 15.0 Å². The van der Waals surface area contributed by atoms with Crippen molar-refractivity contribution in [2.24, 2.45) is 0 Å². The van der Waals surface area contributed by atoms with Crippen LogP contribution in [-0.4, -0.2) is 15.0 Å². The zero-order valence-corrected chi connectivity index (χ0v) is 13.9. The van der Waals surface area contributed by atoms with E-state index in [0.717, 1.165) is 28.2 Å². The number of hydrogen-bond donors (Lipinski definition) is 0. The minimum absolute atomic E-state index is 0.847. The molecule has 3 aromatic heterocycles. The van der Waals surface area contributed by atoms with Crippen LogP contribution in [0.2, 0.25) is 0 Å². The zero-order chi connectivity index (χ0) is 17.1. The van der Waals surface area contributed by atoms with Crippen molar-refractivity contribution >= 4 is 0 Å². The summed E-state index contributed by atoms with van der Waals surface area (Å²) in [6, 6.07) is 22.3. The van der Waals surface area contributed by atoms with Crippen LogP contribution < -0.4 is 0 Å². The Morgan fingerprint density at radius 1 is 0.520 bits per heavy atom. The molecule has 0 aliphatic heterocycles. The molecule has 120 valence electrons. The Balaban J connectivity index is 1.95. The maximum atomic E-state index is 4.66. The monoisotopic (exact) mass is 323 g/mol. The van der Waals surface area contributed by atoms with Gasteiger partial charge in [-0.3, -0.25) is 15.0 Å². The lowest BCUT2D eigenvalue weighted by Gasteiger charge is -2.13. The van der Waals surface area contributed by atoms with Crippen molar-refractivity contribution in [1.29, 1.82) is 0 Å². The van der Waals surface area contributed by atoms with E-state index >= 15 is 0 Å². The minimum atomic E-state index is 0.847. The van der Waals surface area contributed by atoms with Gasteiger partial charge in [-0.15, -0.1) is 0 Å². The Labute approximate surface area is 147 Å². The molecular weight excluding hydrogens is 306 g/mol. The molecular formula is C22H17N3. The summed E-state index contributed by atoms with van der Waals surface area (Å²) in [6.07, 6.45) is 5.42. The van der Waals surface area contributed by atoms with Crippen LogP contribution in [0.1, 0.15) is 5.56 Å². The van der Waals surface area contributed by atoms with Gasteiger partial charge in [-0.05, 0) is 48.4 Å². The van der Waals surface area contributed by atoms with Crippen molar-refractivity contribution in [2.45, 2.75) is 6.92 Å². The maximum Gasteiger partial charge on any atom is 0.0986 e. The van der Waals surface area contributed by atoms with Gasteiger partial charge >= 0.3 is 0 Å². The third-order valence-electron chi connectivity index (χ3n) is 4.22. The van der Waals surface area contributed by atoms with E-state index in [1.807, 2.05) is 42.6 Å². The van der Waals surface area contributed by atoms with E-state index in [4.69, 9.17) is 0 Å². The third-order valence-corrected chi connectivity index (χ3v) is 4.22. The van der Waals surface area contributed by atoms with Crippen LogP contribution in [0.4, 0.5) is 0 Å². The molecule has 0 spiro atoms. The average molecular weight is 323 g/mol. The van der Waals surface area contributed by atoms with E-state index in [1.54, 1.807) is 12.4 Å². The molecule has 0 amide bonds. The van der Waals surface area contributed by atoms with Crippen molar-refractivity contribution in [2.75, 3.05) is 0 Å². The number of hydrogen-bond acceptors (Lipinski definition) is 3. The molecule has 4 aromatic rings. The molecule has 4 rings (SSSR count). The Hall–Kier alpha value is -3.33. The van der Waals surface area contributed by atoms with Crippen LogP contribution in [0.3, 0.4) is 0 Å². The van der Waals surface area contributed by atoms with Crippen molar-refractivity contribution in [3.8, 4) is 33.8 Å². The molecule has 25 heavy (non-hydrogen) atoms. The van der Waals surface area contributed by atoms with Crippen LogP contribution >= 0.6 is 0 Å². The van der Waals surface area contributed by atoms with E-state index in [0.29, 0.717) is 0 Å². The second kappa shape index (κ2) is 6.65.